The van der Waals surface area contributed by atoms with E-state index < -0.39 is 5.97 Å². The van der Waals surface area contributed by atoms with Gasteiger partial charge >= 0.3 is 5.97 Å². The molecule has 0 aliphatic heterocycles. The first kappa shape index (κ1) is 13.6. The van der Waals surface area contributed by atoms with Gasteiger partial charge in [0.2, 0.25) is 0 Å². The molecule has 2 aromatic rings. The third kappa shape index (κ3) is 2.47. The van der Waals surface area contributed by atoms with Gasteiger partial charge in [0.1, 0.15) is 0 Å². The Morgan fingerprint density at radius 2 is 2.16 bits per heavy atom. The molecule has 0 spiro atoms. The van der Waals surface area contributed by atoms with E-state index in [1.54, 1.807) is 13.0 Å². The lowest BCUT2D eigenvalue weighted by Crippen LogP contribution is -2.03. The van der Waals surface area contributed by atoms with E-state index in [0.717, 1.165) is 22.0 Å². The van der Waals surface area contributed by atoms with Crippen molar-refractivity contribution in [2.45, 2.75) is 19.9 Å². The summed E-state index contributed by atoms with van der Waals surface area (Å²) in [7, 11) is 0. The van der Waals surface area contributed by atoms with Crippen molar-refractivity contribution >= 4 is 16.9 Å². The minimum absolute atomic E-state index is 0.0472. The molecule has 102 valence electrons. The molecule has 0 bridgehead atoms. The van der Waals surface area contributed by atoms with E-state index in [9.17, 15) is 9.90 Å². The molecule has 0 radical (unpaired) electrons. The quantitative estimate of drug-likeness (QED) is 0.754. The molecule has 0 aliphatic carbocycles. The average molecular weight is 262 g/mol. The van der Waals surface area contributed by atoms with Gasteiger partial charge in [-0.25, -0.2) is 4.79 Å². The zero-order valence-corrected chi connectivity index (χ0v) is 10.9. The molecular weight excluding hydrogens is 244 g/mol. The van der Waals surface area contributed by atoms with Crippen LogP contribution < -0.4 is 5.73 Å². The summed E-state index contributed by atoms with van der Waals surface area (Å²) < 4.78 is 1.94. The van der Waals surface area contributed by atoms with Crippen molar-refractivity contribution in [2.75, 3.05) is 13.2 Å². The zero-order valence-electron chi connectivity index (χ0n) is 10.9. The Bertz CT molecular complexity index is 617. The maximum absolute atomic E-state index is 11.2. The fourth-order valence-electron chi connectivity index (χ4n) is 2.39. The summed E-state index contributed by atoms with van der Waals surface area (Å²) in [6.45, 7) is 2.83. The summed E-state index contributed by atoms with van der Waals surface area (Å²) in [5.74, 6) is -0.923. The average Bonchev–Trinajstić information content (AvgIpc) is 2.67. The number of aryl methyl sites for hydroxylation is 1. The molecule has 4 N–H and O–H groups in total. The fourth-order valence-corrected chi connectivity index (χ4v) is 2.39. The summed E-state index contributed by atoms with van der Waals surface area (Å²) in [5, 5.41) is 19.2. The van der Waals surface area contributed by atoms with Crippen LogP contribution in [0, 0.1) is 6.92 Å². The summed E-state index contributed by atoms with van der Waals surface area (Å²) in [6, 6.07) is 3.56. The van der Waals surface area contributed by atoms with Gasteiger partial charge in [0.05, 0.1) is 12.2 Å². The number of carbonyl (C=O) groups is 1. The maximum Gasteiger partial charge on any atom is 0.335 e. The molecule has 0 unspecified atom stereocenters. The lowest BCUT2D eigenvalue weighted by Gasteiger charge is -2.05. The van der Waals surface area contributed by atoms with Gasteiger partial charge in [-0.15, -0.1) is 0 Å². The van der Waals surface area contributed by atoms with E-state index >= 15 is 0 Å². The van der Waals surface area contributed by atoms with E-state index in [1.807, 2.05) is 16.8 Å². The van der Waals surface area contributed by atoms with Crippen LogP contribution in [0.2, 0.25) is 0 Å². The highest BCUT2D eigenvalue weighted by Crippen LogP contribution is 2.25. The van der Waals surface area contributed by atoms with Gasteiger partial charge in [0, 0.05) is 23.6 Å². The Balaban J connectivity index is 2.68. The highest BCUT2D eigenvalue weighted by Gasteiger charge is 2.14. The first-order valence-corrected chi connectivity index (χ1v) is 6.25. The Hall–Kier alpha value is -1.85. The van der Waals surface area contributed by atoms with Crippen LogP contribution in [0.5, 0.6) is 0 Å². The van der Waals surface area contributed by atoms with Crippen molar-refractivity contribution < 1.29 is 15.0 Å². The van der Waals surface area contributed by atoms with Crippen LogP contribution in [0.25, 0.3) is 10.9 Å². The second-order valence-electron chi connectivity index (χ2n) is 4.60. The van der Waals surface area contributed by atoms with Gasteiger partial charge in [-0.1, -0.05) is 0 Å². The van der Waals surface area contributed by atoms with Crippen molar-refractivity contribution in [3.05, 3.63) is 35.0 Å². The number of aliphatic hydroxyl groups is 1. The number of benzene rings is 1. The van der Waals surface area contributed by atoms with Crippen molar-refractivity contribution in [3.63, 3.8) is 0 Å². The first-order valence-electron chi connectivity index (χ1n) is 6.25. The van der Waals surface area contributed by atoms with Gasteiger partial charge < -0.3 is 20.5 Å². The molecule has 1 aromatic carbocycles. The van der Waals surface area contributed by atoms with Gasteiger partial charge in [0.25, 0.3) is 0 Å². The Kier molecular flexibility index (Phi) is 3.87. The smallest absolute Gasteiger partial charge is 0.335 e. The number of hydrogen-bond donors (Lipinski definition) is 3. The van der Waals surface area contributed by atoms with Crippen LogP contribution in [0.15, 0.2) is 18.3 Å². The Morgan fingerprint density at radius 3 is 2.74 bits per heavy atom. The predicted octanol–water partition coefficient (Wildman–Crippen LogP) is 1.14. The molecule has 2 rings (SSSR count). The van der Waals surface area contributed by atoms with Crippen LogP contribution in [-0.2, 0) is 13.0 Å². The number of aromatic nitrogens is 1. The number of hydrogen-bond acceptors (Lipinski definition) is 3. The molecule has 5 nitrogen and oxygen atoms in total. The fraction of sp³-hybridized carbons (Fsp3) is 0.357. The minimum Gasteiger partial charge on any atom is -0.478 e. The van der Waals surface area contributed by atoms with Gasteiger partial charge in [0.15, 0.2) is 0 Å². The lowest BCUT2D eigenvalue weighted by atomic mass is 10.0. The van der Waals surface area contributed by atoms with E-state index in [1.165, 1.54) is 0 Å². The Morgan fingerprint density at radius 1 is 1.42 bits per heavy atom. The third-order valence-corrected chi connectivity index (χ3v) is 3.29. The molecule has 0 saturated carbocycles. The summed E-state index contributed by atoms with van der Waals surface area (Å²) in [5.41, 5.74) is 8.59. The summed E-state index contributed by atoms with van der Waals surface area (Å²) in [6.07, 6.45) is 2.63. The highest BCUT2D eigenvalue weighted by atomic mass is 16.4. The number of aliphatic hydroxyl groups excluding tert-OH is 1. The third-order valence-electron chi connectivity index (χ3n) is 3.29. The van der Waals surface area contributed by atoms with Crippen LogP contribution in [0.1, 0.15) is 21.5 Å². The first-order chi connectivity index (χ1) is 9.08. The number of nitrogens with zero attached hydrogens (tertiary/aromatic N) is 1. The van der Waals surface area contributed by atoms with Crippen LogP contribution in [0.4, 0.5) is 0 Å². The molecule has 0 fully saturated rings. The Labute approximate surface area is 111 Å². The second-order valence-corrected chi connectivity index (χ2v) is 4.60. The number of aromatic carboxylic acids is 1. The minimum atomic E-state index is -0.923. The molecule has 0 saturated heterocycles. The summed E-state index contributed by atoms with van der Waals surface area (Å²) >= 11 is 0. The molecule has 0 atom stereocenters. The van der Waals surface area contributed by atoms with Crippen LogP contribution in [0.3, 0.4) is 0 Å². The molecule has 1 heterocycles. The van der Waals surface area contributed by atoms with Gasteiger partial charge in [-0.3, -0.25) is 0 Å². The van der Waals surface area contributed by atoms with E-state index in [-0.39, 0.29) is 6.61 Å². The predicted molar refractivity (Wildman–Crippen MR) is 73.5 cm³/mol. The maximum atomic E-state index is 11.2. The lowest BCUT2D eigenvalue weighted by molar-refractivity contribution is 0.0696. The topological polar surface area (TPSA) is 88.5 Å². The van der Waals surface area contributed by atoms with Crippen molar-refractivity contribution in [3.8, 4) is 0 Å². The van der Waals surface area contributed by atoms with Crippen molar-refractivity contribution in [1.82, 2.24) is 4.57 Å². The number of rotatable bonds is 5. The van der Waals surface area contributed by atoms with Crippen molar-refractivity contribution in [1.29, 1.82) is 0 Å². The molecule has 19 heavy (non-hydrogen) atoms. The van der Waals surface area contributed by atoms with E-state index in [0.29, 0.717) is 25.1 Å². The molecular formula is C14H18N2O3. The van der Waals surface area contributed by atoms with Crippen molar-refractivity contribution in [2.24, 2.45) is 5.73 Å². The van der Waals surface area contributed by atoms with E-state index in [4.69, 9.17) is 10.8 Å². The largest absolute Gasteiger partial charge is 0.478 e. The SMILES string of the molecule is Cc1cc2c(cc1C(=O)O)c(CCN)cn2CCO. The normalized spacial score (nSPS) is 11.1. The molecule has 0 aliphatic rings. The molecule has 5 heteroatoms. The molecule has 0 amide bonds. The standard InChI is InChI=1S/C14H18N2O3/c1-9-6-13-12(7-11(9)14(18)19)10(2-3-15)8-16(13)4-5-17/h6-8,17H,2-5,15H2,1H3,(H,18,19). The van der Waals surface area contributed by atoms with E-state index in [2.05, 4.69) is 0 Å². The molecule has 1 aromatic heterocycles. The van der Waals surface area contributed by atoms with Crippen LogP contribution in [-0.4, -0.2) is 33.9 Å². The number of carboxylic acids is 1. The van der Waals surface area contributed by atoms with Gasteiger partial charge in [-0.05, 0) is 43.1 Å². The second kappa shape index (κ2) is 5.42. The number of fused-ring (bicyclic) bond motifs is 1. The van der Waals surface area contributed by atoms with Gasteiger partial charge in [-0.2, -0.15) is 0 Å². The zero-order chi connectivity index (χ0) is 14.0. The number of carboxylic acid groups (broad SMARTS) is 1. The highest BCUT2D eigenvalue weighted by molar-refractivity contribution is 5.96. The summed E-state index contributed by atoms with van der Waals surface area (Å²) in [4.78, 5) is 11.2. The monoisotopic (exact) mass is 262 g/mol. The van der Waals surface area contributed by atoms with Crippen LogP contribution >= 0.6 is 0 Å². The number of nitrogens with two attached hydrogens (primary N) is 1.